The Morgan fingerprint density at radius 1 is 1.88 bits per heavy atom. The molecule has 0 bridgehead atoms. The van der Waals surface area contributed by atoms with Gasteiger partial charge in [0.15, 0.2) is 6.21 Å². The highest BCUT2D eigenvalue weighted by atomic mass is 79.9. The van der Waals surface area contributed by atoms with Gasteiger partial charge in [0.2, 0.25) is 0 Å². The lowest BCUT2D eigenvalue weighted by molar-refractivity contribution is -0.104. The van der Waals surface area contributed by atoms with Gasteiger partial charge in [0.1, 0.15) is 0 Å². The molecule has 0 aromatic carbocycles. The van der Waals surface area contributed by atoms with Gasteiger partial charge in [-0.15, -0.1) is 0 Å². The molecule has 0 aliphatic rings. The Morgan fingerprint density at radius 3 is 2.50 bits per heavy atom. The minimum absolute atomic E-state index is 0.785. The molecule has 3 heteroatoms. The first-order valence-electron chi connectivity index (χ1n) is 2.41. The SMILES string of the molecule is CCC(N)=C(Br)C=[NH2+]. The average molecular weight is 178 g/mol. The summed E-state index contributed by atoms with van der Waals surface area (Å²) in [5, 5.41) is 5.14. The Hall–Kier alpha value is -0.310. The Balaban J connectivity index is 4.03. The van der Waals surface area contributed by atoms with Crippen molar-refractivity contribution >= 4 is 22.1 Å². The normalized spacial score (nSPS) is 12.8. The summed E-state index contributed by atoms with van der Waals surface area (Å²) in [6, 6.07) is 0. The quantitative estimate of drug-likeness (QED) is 0.565. The molecule has 8 heavy (non-hydrogen) atoms. The molecule has 0 saturated carbocycles. The Morgan fingerprint density at radius 2 is 2.38 bits per heavy atom. The zero-order valence-electron chi connectivity index (χ0n) is 4.82. The second-order valence-corrected chi connectivity index (χ2v) is 2.25. The van der Waals surface area contributed by atoms with Crippen molar-refractivity contribution in [3.8, 4) is 0 Å². The summed E-state index contributed by atoms with van der Waals surface area (Å²) in [4.78, 5) is 0. The number of rotatable bonds is 2. The van der Waals surface area contributed by atoms with Crippen LogP contribution in [0.15, 0.2) is 10.2 Å². The predicted molar refractivity (Wildman–Crippen MR) is 38.4 cm³/mol. The van der Waals surface area contributed by atoms with E-state index in [0.717, 1.165) is 16.6 Å². The van der Waals surface area contributed by atoms with Gasteiger partial charge in [-0.2, -0.15) is 0 Å². The van der Waals surface area contributed by atoms with Gasteiger partial charge in [0, 0.05) is 5.70 Å². The summed E-state index contributed by atoms with van der Waals surface area (Å²) in [6.45, 7) is 1.97. The van der Waals surface area contributed by atoms with Crippen molar-refractivity contribution in [2.24, 2.45) is 5.73 Å². The van der Waals surface area contributed by atoms with E-state index in [1.54, 1.807) is 0 Å². The molecule has 0 fully saturated rings. The Bertz CT molecular complexity index is 118. The van der Waals surface area contributed by atoms with E-state index in [-0.39, 0.29) is 0 Å². The lowest BCUT2D eigenvalue weighted by Gasteiger charge is -1.91. The molecule has 0 atom stereocenters. The largest absolute Gasteiger partial charge is 0.401 e. The van der Waals surface area contributed by atoms with Crippen LogP contribution in [0.3, 0.4) is 0 Å². The van der Waals surface area contributed by atoms with E-state index in [1.165, 1.54) is 6.21 Å². The molecule has 0 radical (unpaired) electrons. The molecule has 0 unspecified atom stereocenters. The Labute approximate surface area is 57.4 Å². The van der Waals surface area contributed by atoms with E-state index in [0.29, 0.717) is 0 Å². The van der Waals surface area contributed by atoms with Crippen molar-refractivity contribution in [2.75, 3.05) is 0 Å². The minimum Gasteiger partial charge on any atom is -0.401 e. The highest BCUT2D eigenvalue weighted by Gasteiger charge is 1.93. The number of hydrogen-bond acceptors (Lipinski definition) is 1. The van der Waals surface area contributed by atoms with Crippen molar-refractivity contribution in [3.63, 3.8) is 0 Å². The van der Waals surface area contributed by atoms with Gasteiger partial charge in [-0.25, -0.2) is 0 Å². The molecular formula is C5H10BrN2+. The lowest BCUT2D eigenvalue weighted by Crippen LogP contribution is -2.30. The van der Waals surface area contributed by atoms with E-state index in [4.69, 9.17) is 11.1 Å². The molecule has 2 nitrogen and oxygen atoms in total. The third kappa shape index (κ3) is 2.12. The van der Waals surface area contributed by atoms with Crippen LogP contribution >= 0.6 is 15.9 Å². The first-order valence-corrected chi connectivity index (χ1v) is 3.20. The molecule has 0 heterocycles. The molecule has 0 aromatic rings. The third-order valence-electron chi connectivity index (χ3n) is 0.834. The van der Waals surface area contributed by atoms with E-state index in [2.05, 4.69) is 15.9 Å². The summed E-state index contributed by atoms with van der Waals surface area (Å²) in [6.07, 6.45) is 2.27. The van der Waals surface area contributed by atoms with Crippen LogP contribution in [0, 0.1) is 0 Å². The van der Waals surface area contributed by atoms with E-state index in [1.807, 2.05) is 6.92 Å². The highest BCUT2D eigenvalue weighted by molar-refractivity contribution is 9.12. The predicted octanol–water partition coefficient (Wildman–Crippen LogP) is -0.208. The van der Waals surface area contributed by atoms with Crippen molar-refractivity contribution in [3.05, 3.63) is 10.2 Å². The van der Waals surface area contributed by atoms with Gasteiger partial charge in [0.05, 0.1) is 4.48 Å². The van der Waals surface area contributed by atoms with Crippen LogP contribution < -0.4 is 11.1 Å². The first kappa shape index (κ1) is 7.69. The monoisotopic (exact) mass is 177 g/mol. The number of hydrogen-bond donors (Lipinski definition) is 2. The van der Waals surface area contributed by atoms with Crippen LogP contribution in [0.25, 0.3) is 0 Å². The van der Waals surface area contributed by atoms with Gasteiger partial charge in [-0.05, 0) is 22.4 Å². The van der Waals surface area contributed by atoms with Crippen LogP contribution in [0.2, 0.25) is 0 Å². The van der Waals surface area contributed by atoms with Crippen molar-refractivity contribution < 1.29 is 5.41 Å². The molecule has 46 valence electrons. The maximum Gasteiger partial charge on any atom is 0.176 e. The van der Waals surface area contributed by atoms with Gasteiger partial charge in [0.25, 0.3) is 0 Å². The zero-order chi connectivity index (χ0) is 6.57. The first-order chi connectivity index (χ1) is 3.72. The van der Waals surface area contributed by atoms with Crippen LogP contribution in [-0.4, -0.2) is 6.21 Å². The van der Waals surface area contributed by atoms with Gasteiger partial charge in [-0.1, -0.05) is 6.92 Å². The fourth-order valence-electron chi connectivity index (χ4n) is 0.276. The standard InChI is InChI=1S/C5H9BrN2/c1-2-5(8)4(6)3-7/h3,7H,2,8H2,1H3/p+1. The maximum absolute atomic E-state index is 5.45. The molecule has 0 aliphatic carbocycles. The third-order valence-corrected chi connectivity index (χ3v) is 1.61. The van der Waals surface area contributed by atoms with Crippen molar-refractivity contribution in [1.29, 1.82) is 0 Å². The summed E-state index contributed by atoms with van der Waals surface area (Å²) >= 11 is 3.18. The molecule has 0 rings (SSSR count). The molecule has 0 aliphatic heterocycles. The van der Waals surface area contributed by atoms with Crippen molar-refractivity contribution in [2.45, 2.75) is 13.3 Å². The maximum atomic E-state index is 5.45. The van der Waals surface area contributed by atoms with Gasteiger partial charge >= 0.3 is 0 Å². The Kier molecular flexibility index (Phi) is 3.52. The highest BCUT2D eigenvalue weighted by Crippen LogP contribution is 2.05. The second kappa shape index (κ2) is 3.66. The average Bonchev–Trinajstić information content (AvgIpc) is 1.84. The smallest absolute Gasteiger partial charge is 0.176 e. The fourth-order valence-corrected chi connectivity index (χ4v) is 0.556. The van der Waals surface area contributed by atoms with Crippen LogP contribution in [0.5, 0.6) is 0 Å². The topological polar surface area (TPSA) is 51.6 Å². The molecule has 0 aromatic heterocycles. The van der Waals surface area contributed by atoms with E-state index in [9.17, 15) is 0 Å². The van der Waals surface area contributed by atoms with Crippen molar-refractivity contribution in [1.82, 2.24) is 0 Å². The van der Waals surface area contributed by atoms with Gasteiger partial charge < -0.3 is 5.73 Å². The summed E-state index contributed by atoms with van der Waals surface area (Å²) in [7, 11) is 0. The molecular weight excluding hydrogens is 168 g/mol. The molecule has 0 amide bonds. The zero-order valence-corrected chi connectivity index (χ0v) is 6.40. The van der Waals surface area contributed by atoms with E-state index < -0.39 is 0 Å². The number of nitrogens with two attached hydrogens (primary N) is 2. The number of halogens is 1. The minimum atomic E-state index is 0.785. The summed E-state index contributed by atoms with van der Waals surface area (Å²) in [5.74, 6) is 0. The molecule has 4 N–H and O–H groups in total. The van der Waals surface area contributed by atoms with Crippen LogP contribution in [0.4, 0.5) is 0 Å². The van der Waals surface area contributed by atoms with Crippen LogP contribution in [-0.2, 0) is 0 Å². The number of allylic oxidation sites excluding steroid dienone is 2. The molecule has 0 saturated heterocycles. The summed E-state index contributed by atoms with van der Waals surface area (Å²) in [5.41, 5.74) is 6.23. The second-order valence-electron chi connectivity index (χ2n) is 1.39. The van der Waals surface area contributed by atoms with Crippen LogP contribution in [0.1, 0.15) is 13.3 Å². The summed E-state index contributed by atoms with van der Waals surface area (Å²) < 4.78 is 0.792. The lowest BCUT2D eigenvalue weighted by atomic mass is 10.3. The fraction of sp³-hybridized carbons (Fsp3) is 0.400. The van der Waals surface area contributed by atoms with Gasteiger partial charge in [-0.3, -0.25) is 5.41 Å². The molecule has 0 spiro atoms. The van der Waals surface area contributed by atoms with E-state index >= 15 is 0 Å².